The zero-order valence-corrected chi connectivity index (χ0v) is 18.7. The number of thiazole rings is 1. The van der Waals surface area contributed by atoms with Crippen molar-refractivity contribution in [3.63, 3.8) is 0 Å². The lowest BCUT2D eigenvalue weighted by molar-refractivity contribution is -0.384. The van der Waals surface area contributed by atoms with Crippen molar-refractivity contribution in [1.82, 2.24) is 14.6 Å². The topological polar surface area (TPSA) is 112 Å². The number of nitrogens with one attached hydrogen (secondary N) is 1. The van der Waals surface area contributed by atoms with Crippen LogP contribution in [0.1, 0.15) is 6.42 Å². The molecule has 1 aromatic heterocycles. The minimum Gasteiger partial charge on any atom is -0.364 e. The summed E-state index contributed by atoms with van der Waals surface area (Å²) in [6, 6.07) is 4.12. The molecular formula is C18H26N6O4S2. The SMILES string of the molecule is CN(C)CCNS(=O)(=O)c1ccc(N2CCCN(c3nccs3)CC2)c([N+](=O)[O-])c1. The lowest BCUT2D eigenvalue weighted by atomic mass is 10.2. The highest BCUT2D eigenvalue weighted by molar-refractivity contribution is 7.89. The van der Waals surface area contributed by atoms with Gasteiger partial charge in [-0.1, -0.05) is 0 Å². The monoisotopic (exact) mass is 454 g/mol. The molecule has 1 aromatic carbocycles. The molecule has 0 saturated carbocycles. The molecule has 164 valence electrons. The van der Waals surface area contributed by atoms with Gasteiger partial charge in [0, 0.05) is 56.9 Å². The molecule has 2 aromatic rings. The van der Waals surface area contributed by atoms with E-state index in [1.165, 1.54) is 12.1 Å². The summed E-state index contributed by atoms with van der Waals surface area (Å²) < 4.78 is 27.5. The van der Waals surface area contributed by atoms with E-state index in [0.29, 0.717) is 31.9 Å². The number of nitrogens with zero attached hydrogens (tertiary/aromatic N) is 5. The number of anilines is 2. The Morgan fingerprint density at radius 1 is 1.23 bits per heavy atom. The Balaban J connectivity index is 1.79. The van der Waals surface area contributed by atoms with Crippen molar-refractivity contribution in [2.45, 2.75) is 11.3 Å². The van der Waals surface area contributed by atoms with E-state index in [2.05, 4.69) is 14.6 Å². The van der Waals surface area contributed by atoms with Crippen molar-refractivity contribution in [2.24, 2.45) is 0 Å². The van der Waals surface area contributed by atoms with Crippen LogP contribution in [-0.2, 0) is 10.0 Å². The number of likely N-dealkylation sites (N-methyl/N-ethyl adjacent to an activating group) is 1. The number of benzene rings is 1. The average Bonchev–Trinajstić information content (AvgIpc) is 3.12. The highest BCUT2D eigenvalue weighted by Crippen LogP contribution is 2.32. The summed E-state index contributed by atoms with van der Waals surface area (Å²) >= 11 is 1.57. The molecule has 1 saturated heterocycles. The van der Waals surface area contributed by atoms with Crippen LogP contribution in [0.25, 0.3) is 0 Å². The average molecular weight is 455 g/mol. The molecule has 0 bridgehead atoms. The van der Waals surface area contributed by atoms with Gasteiger partial charge in [0.15, 0.2) is 5.13 Å². The van der Waals surface area contributed by atoms with Gasteiger partial charge in [0.25, 0.3) is 5.69 Å². The van der Waals surface area contributed by atoms with Gasteiger partial charge in [-0.25, -0.2) is 18.1 Å². The first-order valence-electron chi connectivity index (χ1n) is 9.60. The summed E-state index contributed by atoms with van der Waals surface area (Å²) in [5.74, 6) is 0. The van der Waals surface area contributed by atoms with E-state index in [1.54, 1.807) is 17.5 Å². The fraction of sp³-hybridized carbons (Fsp3) is 0.500. The van der Waals surface area contributed by atoms with Gasteiger partial charge < -0.3 is 14.7 Å². The van der Waals surface area contributed by atoms with E-state index in [0.717, 1.165) is 24.2 Å². The zero-order valence-electron chi connectivity index (χ0n) is 17.0. The van der Waals surface area contributed by atoms with Gasteiger partial charge in [0.2, 0.25) is 10.0 Å². The number of aromatic nitrogens is 1. The second-order valence-electron chi connectivity index (χ2n) is 7.25. The van der Waals surface area contributed by atoms with Crippen LogP contribution in [0.3, 0.4) is 0 Å². The summed E-state index contributed by atoms with van der Waals surface area (Å²) in [5, 5.41) is 14.6. The molecule has 2 heterocycles. The maximum absolute atomic E-state index is 12.5. The van der Waals surface area contributed by atoms with Crippen LogP contribution in [0.2, 0.25) is 0 Å². The van der Waals surface area contributed by atoms with E-state index in [4.69, 9.17) is 0 Å². The number of hydrogen-bond acceptors (Lipinski definition) is 9. The van der Waals surface area contributed by atoms with Crippen molar-refractivity contribution < 1.29 is 13.3 Å². The number of sulfonamides is 1. The van der Waals surface area contributed by atoms with Crippen LogP contribution in [0.5, 0.6) is 0 Å². The van der Waals surface area contributed by atoms with Crippen LogP contribution >= 0.6 is 11.3 Å². The maximum Gasteiger partial charge on any atom is 0.293 e. The van der Waals surface area contributed by atoms with E-state index in [1.807, 2.05) is 29.3 Å². The number of rotatable bonds is 8. The van der Waals surface area contributed by atoms with Crippen LogP contribution in [-0.4, -0.2) is 76.6 Å². The lowest BCUT2D eigenvalue weighted by Gasteiger charge is -2.23. The van der Waals surface area contributed by atoms with Gasteiger partial charge in [-0.15, -0.1) is 11.3 Å². The molecule has 3 rings (SSSR count). The van der Waals surface area contributed by atoms with Crippen molar-refractivity contribution in [3.05, 3.63) is 39.9 Å². The second kappa shape index (κ2) is 9.69. The summed E-state index contributed by atoms with van der Waals surface area (Å²) in [6.07, 6.45) is 2.59. The number of nitro groups is 1. The zero-order chi connectivity index (χ0) is 21.7. The van der Waals surface area contributed by atoms with Crippen molar-refractivity contribution in [1.29, 1.82) is 0 Å². The predicted molar refractivity (Wildman–Crippen MR) is 118 cm³/mol. The summed E-state index contributed by atoms with van der Waals surface area (Å²) in [7, 11) is -0.144. The minimum absolute atomic E-state index is 0.101. The Bertz CT molecular complexity index is 965. The van der Waals surface area contributed by atoms with E-state index >= 15 is 0 Å². The smallest absolute Gasteiger partial charge is 0.293 e. The Kier molecular flexibility index (Phi) is 7.23. The van der Waals surface area contributed by atoms with E-state index in [9.17, 15) is 18.5 Å². The van der Waals surface area contributed by atoms with Gasteiger partial charge in [0.05, 0.1) is 9.82 Å². The fourth-order valence-electron chi connectivity index (χ4n) is 3.29. The van der Waals surface area contributed by atoms with Gasteiger partial charge in [0.1, 0.15) is 5.69 Å². The largest absolute Gasteiger partial charge is 0.364 e. The normalized spacial score (nSPS) is 15.4. The summed E-state index contributed by atoms with van der Waals surface area (Å²) in [5.41, 5.74) is 0.237. The molecule has 1 aliphatic heterocycles. The Labute approximate surface area is 180 Å². The molecule has 30 heavy (non-hydrogen) atoms. The van der Waals surface area contributed by atoms with Crippen LogP contribution in [0.4, 0.5) is 16.5 Å². The first-order valence-corrected chi connectivity index (χ1v) is 12.0. The summed E-state index contributed by atoms with van der Waals surface area (Å²) in [6.45, 7) is 3.51. The third-order valence-corrected chi connectivity index (χ3v) is 7.12. The molecule has 0 unspecified atom stereocenters. The lowest BCUT2D eigenvalue weighted by Crippen LogP contribution is -2.32. The van der Waals surface area contributed by atoms with Crippen molar-refractivity contribution in [3.8, 4) is 0 Å². The predicted octanol–water partition coefficient (Wildman–Crippen LogP) is 1.61. The molecule has 12 heteroatoms. The van der Waals surface area contributed by atoms with Crippen LogP contribution in [0.15, 0.2) is 34.7 Å². The Morgan fingerprint density at radius 3 is 2.63 bits per heavy atom. The molecule has 0 amide bonds. The molecule has 1 fully saturated rings. The van der Waals surface area contributed by atoms with Crippen molar-refractivity contribution >= 4 is 37.9 Å². The molecule has 1 aliphatic rings. The maximum atomic E-state index is 12.5. The number of hydrogen-bond donors (Lipinski definition) is 1. The molecule has 0 aliphatic carbocycles. The van der Waals surface area contributed by atoms with Gasteiger partial charge in [-0.05, 0) is 32.6 Å². The highest BCUT2D eigenvalue weighted by atomic mass is 32.2. The molecular weight excluding hydrogens is 428 g/mol. The summed E-state index contributed by atoms with van der Waals surface area (Å²) in [4.78, 5) is 21.4. The third-order valence-electron chi connectivity index (χ3n) is 4.83. The first-order chi connectivity index (χ1) is 14.3. The highest BCUT2D eigenvalue weighted by Gasteiger charge is 2.26. The van der Waals surface area contributed by atoms with Crippen molar-refractivity contribution in [2.75, 3.05) is 63.2 Å². The van der Waals surface area contributed by atoms with Crippen LogP contribution < -0.4 is 14.5 Å². The Hall–Kier alpha value is -2.28. The quantitative estimate of drug-likeness (QED) is 0.473. The second-order valence-corrected chi connectivity index (χ2v) is 9.89. The minimum atomic E-state index is -3.82. The van der Waals surface area contributed by atoms with Crippen LogP contribution in [0, 0.1) is 10.1 Å². The standard InChI is InChI=1S/C18H26N6O4S2/c1-21(2)10-6-20-30(27,28)15-4-5-16(17(14-15)24(25)26)22-8-3-9-23(12-11-22)18-19-7-13-29-18/h4-5,7,13-14,20H,3,6,8-12H2,1-2H3. The number of nitro benzene ring substituents is 1. The fourth-order valence-corrected chi connectivity index (χ4v) is 5.03. The van der Waals surface area contributed by atoms with E-state index < -0.39 is 14.9 Å². The molecule has 0 spiro atoms. The third kappa shape index (κ3) is 5.45. The van der Waals surface area contributed by atoms with Gasteiger partial charge in [-0.3, -0.25) is 10.1 Å². The molecule has 10 nitrogen and oxygen atoms in total. The molecule has 1 N–H and O–H groups in total. The Morgan fingerprint density at radius 2 is 1.97 bits per heavy atom. The molecule has 0 atom stereocenters. The first kappa shape index (κ1) is 22.4. The van der Waals surface area contributed by atoms with E-state index in [-0.39, 0.29) is 17.1 Å². The molecule has 0 radical (unpaired) electrons. The van der Waals surface area contributed by atoms with Gasteiger partial charge >= 0.3 is 0 Å². The van der Waals surface area contributed by atoms with Gasteiger partial charge in [-0.2, -0.15) is 0 Å².